The van der Waals surface area contributed by atoms with Crippen LogP contribution in [-0.2, 0) is 20.1 Å². The Hall–Kier alpha value is -3.52. The minimum Gasteiger partial charge on any atom is -0.339 e. The van der Waals surface area contributed by atoms with Crippen molar-refractivity contribution in [2.45, 2.75) is 34.6 Å². The first-order chi connectivity index (χ1) is 17.3. The molecule has 2 nitrogen and oxygen atoms in total. The molecule has 6 rings (SSSR count). The predicted molar refractivity (Wildman–Crippen MR) is 154 cm³/mol. The maximum Gasteiger partial charge on any atom is 0.0777 e. The van der Waals surface area contributed by atoms with Gasteiger partial charge in [0.15, 0.2) is 0 Å². The van der Waals surface area contributed by atoms with Crippen molar-refractivity contribution in [2.24, 2.45) is 0 Å². The third-order valence-electron chi connectivity index (χ3n) is 7.26. The van der Waals surface area contributed by atoms with Crippen LogP contribution in [-0.4, -0.2) is 9.38 Å². The van der Waals surface area contributed by atoms with E-state index >= 15 is 0 Å². The van der Waals surface area contributed by atoms with E-state index in [0.29, 0.717) is 0 Å². The van der Waals surface area contributed by atoms with Gasteiger partial charge in [-0.25, -0.2) is 0 Å². The molecule has 0 fully saturated rings. The maximum atomic E-state index is 5.22. The Labute approximate surface area is 232 Å². The molecule has 2 aromatic heterocycles. The zero-order valence-electron chi connectivity index (χ0n) is 21.9. The normalized spacial score (nSPS) is 11.3. The summed E-state index contributed by atoms with van der Waals surface area (Å²) in [5.74, 6) is 0. The van der Waals surface area contributed by atoms with Gasteiger partial charge >= 0.3 is 0 Å². The fourth-order valence-electron chi connectivity index (χ4n) is 5.79. The van der Waals surface area contributed by atoms with Crippen molar-refractivity contribution >= 4 is 33.4 Å². The molecule has 0 spiro atoms. The van der Waals surface area contributed by atoms with Gasteiger partial charge in [0, 0.05) is 37.4 Å². The molecule has 185 valence electrons. The summed E-state index contributed by atoms with van der Waals surface area (Å²) in [6.45, 7) is 14.8. The van der Waals surface area contributed by atoms with Crippen molar-refractivity contribution in [1.82, 2.24) is 9.38 Å². The summed E-state index contributed by atoms with van der Waals surface area (Å²) in [6.07, 6.45) is 4.08. The molecule has 0 saturated carbocycles. The van der Waals surface area contributed by atoms with E-state index in [9.17, 15) is 0 Å². The van der Waals surface area contributed by atoms with Gasteiger partial charge in [0.25, 0.3) is 0 Å². The largest absolute Gasteiger partial charge is 0.339 e. The van der Waals surface area contributed by atoms with E-state index in [1.54, 1.807) is 0 Å². The van der Waals surface area contributed by atoms with Gasteiger partial charge in [-0.2, -0.15) is 0 Å². The second kappa shape index (κ2) is 9.41. The fraction of sp³-hybridized carbons (Fsp3) is 0.147. The number of benzene rings is 4. The molecule has 37 heavy (non-hydrogen) atoms. The Bertz CT molecular complexity index is 1820. The molecule has 0 unspecified atom stereocenters. The van der Waals surface area contributed by atoms with Crippen molar-refractivity contribution < 1.29 is 20.1 Å². The number of hydrogen-bond donors (Lipinski definition) is 0. The zero-order valence-corrected chi connectivity index (χ0v) is 24.3. The van der Waals surface area contributed by atoms with Gasteiger partial charge in [0.05, 0.1) is 11.3 Å². The molecule has 3 heteroatoms. The molecule has 0 bridgehead atoms. The van der Waals surface area contributed by atoms with Crippen molar-refractivity contribution in [3.63, 3.8) is 0 Å². The Morgan fingerprint density at radius 2 is 1.43 bits per heavy atom. The van der Waals surface area contributed by atoms with Crippen molar-refractivity contribution in [3.8, 4) is 22.4 Å². The molecular formula is C34H29IrN2-. The van der Waals surface area contributed by atoms with Crippen LogP contribution in [0.3, 0.4) is 0 Å². The zero-order chi connectivity index (χ0) is 25.1. The summed E-state index contributed by atoms with van der Waals surface area (Å²) in [5, 5.41) is 3.47. The van der Waals surface area contributed by atoms with Crippen LogP contribution < -0.4 is 0 Å². The smallest absolute Gasteiger partial charge is 0.0777 e. The molecule has 0 atom stereocenters. The van der Waals surface area contributed by atoms with Crippen molar-refractivity contribution in [1.29, 1.82) is 0 Å². The predicted octanol–water partition coefficient (Wildman–Crippen LogP) is 8.96. The summed E-state index contributed by atoms with van der Waals surface area (Å²) >= 11 is 0. The minimum atomic E-state index is 0. The van der Waals surface area contributed by atoms with E-state index in [1.165, 1.54) is 55.2 Å². The molecule has 2 heterocycles. The molecular weight excluding hydrogens is 629 g/mol. The number of imidazole rings is 1. The first-order valence-electron chi connectivity index (χ1n) is 12.4. The summed E-state index contributed by atoms with van der Waals surface area (Å²) in [5.41, 5.74) is 14.1. The Balaban J connectivity index is 0.00000280. The number of fused-ring (bicyclic) bond motifs is 6. The second-order valence-electron chi connectivity index (χ2n) is 10.1. The monoisotopic (exact) mass is 658 g/mol. The van der Waals surface area contributed by atoms with Gasteiger partial charge in [-0.15, -0.1) is 23.6 Å². The molecule has 4 aromatic carbocycles. The Kier molecular flexibility index (Phi) is 6.40. The van der Waals surface area contributed by atoms with Crippen LogP contribution in [0.1, 0.15) is 33.4 Å². The van der Waals surface area contributed by atoms with Crippen LogP contribution in [0.15, 0.2) is 73.4 Å². The van der Waals surface area contributed by atoms with Gasteiger partial charge in [-0.3, -0.25) is 4.98 Å². The van der Waals surface area contributed by atoms with E-state index < -0.39 is 0 Å². The number of nitrogens with zero attached hydrogens (tertiary/aromatic N) is 2. The Morgan fingerprint density at radius 3 is 2.11 bits per heavy atom. The topological polar surface area (TPSA) is 17.3 Å². The quantitative estimate of drug-likeness (QED) is 0.137. The van der Waals surface area contributed by atoms with Crippen molar-refractivity contribution in [3.05, 3.63) is 113 Å². The van der Waals surface area contributed by atoms with Crippen LogP contribution >= 0.6 is 0 Å². The third kappa shape index (κ3) is 4.13. The summed E-state index contributed by atoms with van der Waals surface area (Å²) in [6, 6.07) is 25.6. The summed E-state index contributed by atoms with van der Waals surface area (Å²) < 4.78 is 2.27. The molecule has 0 aliphatic heterocycles. The van der Waals surface area contributed by atoms with E-state index in [2.05, 4.69) is 119 Å². The van der Waals surface area contributed by atoms with Crippen LogP contribution in [0.25, 0.3) is 55.8 Å². The van der Waals surface area contributed by atoms with E-state index in [-0.39, 0.29) is 20.1 Å². The first kappa shape index (κ1) is 25.1. The molecule has 6 aromatic rings. The van der Waals surface area contributed by atoms with Gasteiger partial charge in [0.1, 0.15) is 0 Å². The Morgan fingerprint density at radius 1 is 0.784 bits per heavy atom. The molecule has 0 amide bonds. The maximum absolute atomic E-state index is 5.22. The third-order valence-corrected chi connectivity index (χ3v) is 7.26. The van der Waals surface area contributed by atoms with Crippen molar-refractivity contribution in [2.75, 3.05) is 0 Å². The van der Waals surface area contributed by atoms with Gasteiger partial charge in [-0.05, 0) is 62.3 Å². The molecule has 0 N–H and O–H groups in total. The van der Waals surface area contributed by atoms with Gasteiger partial charge in [-0.1, -0.05) is 88.8 Å². The molecule has 0 aliphatic carbocycles. The van der Waals surface area contributed by atoms with Gasteiger partial charge in [0.2, 0.25) is 0 Å². The summed E-state index contributed by atoms with van der Waals surface area (Å²) in [7, 11) is 0. The fourth-order valence-corrected chi connectivity index (χ4v) is 5.79. The number of hydrogen-bond acceptors (Lipinski definition) is 1. The molecule has 0 saturated heterocycles. The number of aryl methyl sites for hydroxylation is 5. The number of aromatic nitrogens is 2. The van der Waals surface area contributed by atoms with Crippen LogP contribution in [0.5, 0.6) is 0 Å². The van der Waals surface area contributed by atoms with E-state index in [4.69, 9.17) is 4.98 Å². The van der Waals surface area contributed by atoms with Crippen LogP contribution in [0.4, 0.5) is 0 Å². The minimum absolute atomic E-state index is 0. The average Bonchev–Trinajstić information content (AvgIpc) is 3.27. The van der Waals surface area contributed by atoms with Crippen LogP contribution in [0.2, 0.25) is 0 Å². The number of pyridine rings is 1. The SMILES string of the molecule is C=Cc1ccc(-c2c[c-]c3c(c2)c2cc(C)cc(C)c2n2cc(-c4c(C)cc(C)cc4C)nc32)cc1.[Ir]. The second-order valence-corrected chi connectivity index (χ2v) is 10.1. The van der Waals surface area contributed by atoms with Crippen LogP contribution in [0, 0.1) is 40.7 Å². The van der Waals surface area contributed by atoms with E-state index in [1.807, 2.05) is 6.08 Å². The van der Waals surface area contributed by atoms with Gasteiger partial charge < -0.3 is 4.40 Å². The van der Waals surface area contributed by atoms with E-state index in [0.717, 1.165) is 27.9 Å². The molecule has 0 aliphatic rings. The average molecular weight is 658 g/mol. The first-order valence-corrected chi connectivity index (χ1v) is 12.4. The summed E-state index contributed by atoms with van der Waals surface area (Å²) in [4.78, 5) is 5.22. The standard InChI is InChI=1S/C34H29N2.Ir/c1-7-25-8-10-26(11-9-25)27-12-13-28-29(18-27)30-17-21(3)16-24(6)33(30)36-19-31(35-34(28)36)32-22(4)14-20(2)15-23(32)5;/h7-12,14-19H,1H2,2-6H3;/q-1;. The molecule has 1 radical (unpaired) electrons. The number of rotatable bonds is 3.